The molecule has 2 aliphatic heterocycles. The minimum Gasteiger partial charge on any atom is -0.362 e. The van der Waals surface area contributed by atoms with Crippen molar-refractivity contribution in [2.75, 3.05) is 18.1 Å². The molecule has 0 aromatic carbocycles. The number of aliphatic imine (C=N–C) groups is 1. The van der Waals surface area contributed by atoms with E-state index in [0.29, 0.717) is 4.75 Å². The summed E-state index contributed by atoms with van der Waals surface area (Å²) in [7, 11) is 0. The lowest BCUT2D eigenvalue weighted by Gasteiger charge is -2.29. The third kappa shape index (κ3) is 2.78. The van der Waals surface area contributed by atoms with Crippen molar-refractivity contribution in [1.29, 1.82) is 0 Å². The van der Waals surface area contributed by atoms with Crippen LogP contribution < -0.4 is 5.32 Å². The van der Waals surface area contributed by atoms with Gasteiger partial charge in [-0.25, -0.2) is 0 Å². The summed E-state index contributed by atoms with van der Waals surface area (Å²) in [4.78, 5) is 4.85. The van der Waals surface area contributed by atoms with Gasteiger partial charge in [-0.1, -0.05) is 18.2 Å². The molecule has 2 saturated heterocycles. The Kier molecular flexibility index (Phi) is 3.62. The Labute approximate surface area is 113 Å². The highest BCUT2D eigenvalue weighted by atomic mass is 32.2. The smallest absolute Gasteiger partial charge is 0.156 e. The first-order valence-electron chi connectivity index (χ1n) is 6.83. The van der Waals surface area contributed by atoms with E-state index in [1.165, 1.54) is 48.8 Å². The lowest BCUT2D eigenvalue weighted by Crippen LogP contribution is -2.42. The number of amidine groups is 1. The maximum atomic E-state index is 4.85. The predicted octanol–water partition coefficient (Wildman–Crippen LogP) is 3.13. The van der Waals surface area contributed by atoms with Crippen molar-refractivity contribution in [3.8, 4) is 0 Å². The van der Waals surface area contributed by atoms with Crippen LogP contribution in [0.4, 0.5) is 0 Å². The molecule has 0 bridgehead atoms. The molecule has 4 heteroatoms. The Balaban J connectivity index is 1.57. The molecule has 3 rings (SSSR count). The average molecular weight is 270 g/mol. The first kappa shape index (κ1) is 12.2. The van der Waals surface area contributed by atoms with Gasteiger partial charge in [-0.15, -0.1) is 0 Å². The van der Waals surface area contributed by atoms with Crippen LogP contribution in [0.25, 0.3) is 0 Å². The molecule has 1 aliphatic carbocycles. The van der Waals surface area contributed by atoms with E-state index in [2.05, 4.69) is 24.0 Å². The van der Waals surface area contributed by atoms with Crippen LogP contribution in [0.1, 0.15) is 39.0 Å². The van der Waals surface area contributed by atoms with Crippen LogP contribution in [0.5, 0.6) is 0 Å². The van der Waals surface area contributed by atoms with E-state index in [-0.39, 0.29) is 0 Å². The van der Waals surface area contributed by atoms with Gasteiger partial charge in [0.25, 0.3) is 0 Å². The molecule has 1 saturated carbocycles. The van der Waals surface area contributed by atoms with Gasteiger partial charge in [-0.3, -0.25) is 4.99 Å². The highest BCUT2D eigenvalue weighted by Crippen LogP contribution is 2.38. The molecule has 3 atom stereocenters. The Morgan fingerprint density at radius 2 is 2.35 bits per heavy atom. The maximum absolute atomic E-state index is 4.85. The molecule has 96 valence electrons. The van der Waals surface area contributed by atoms with E-state index >= 15 is 0 Å². The predicted molar refractivity (Wildman–Crippen MR) is 79.1 cm³/mol. The Bertz CT molecular complexity index is 311. The first-order valence-corrected chi connectivity index (χ1v) is 8.80. The van der Waals surface area contributed by atoms with Crippen molar-refractivity contribution >= 4 is 28.7 Å². The van der Waals surface area contributed by atoms with Gasteiger partial charge in [0, 0.05) is 16.5 Å². The molecule has 2 heterocycles. The number of hydrogen-bond donors (Lipinski definition) is 1. The summed E-state index contributed by atoms with van der Waals surface area (Å²) in [5.41, 5.74) is 0. The fraction of sp³-hybridized carbons (Fsp3) is 0.923. The number of fused-ring (bicyclic) bond motifs is 1. The zero-order chi connectivity index (χ0) is 11.7. The standard InChI is InChI=1S/C13H22N2S2/c1-13(6-3-7-17-13)9-14-12-15-11-5-2-4-10(11)8-16-12/h10-11H,2-9H2,1H3,(H,14,15). The Hall–Kier alpha value is 0.170. The molecule has 0 aromatic rings. The molecule has 2 nitrogen and oxygen atoms in total. The molecule has 3 aliphatic rings. The van der Waals surface area contributed by atoms with E-state index in [4.69, 9.17) is 4.99 Å². The quantitative estimate of drug-likeness (QED) is 0.834. The van der Waals surface area contributed by atoms with Crippen LogP contribution in [0, 0.1) is 5.92 Å². The number of nitrogens with zero attached hydrogens (tertiary/aromatic N) is 1. The summed E-state index contributed by atoms with van der Waals surface area (Å²) in [6, 6.07) is 0.735. The lowest BCUT2D eigenvalue weighted by molar-refractivity contribution is 0.489. The molecule has 3 unspecified atom stereocenters. The molecule has 0 amide bonds. The lowest BCUT2D eigenvalue weighted by atomic mass is 10.1. The monoisotopic (exact) mass is 270 g/mol. The van der Waals surface area contributed by atoms with Gasteiger partial charge < -0.3 is 5.32 Å². The first-order chi connectivity index (χ1) is 8.25. The highest BCUT2D eigenvalue weighted by Gasteiger charge is 2.33. The third-order valence-electron chi connectivity index (χ3n) is 4.26. The summed E-state index contributed by atoms with van der Waals surface area (Å²) in [5.74, 6) is 3.53. The summed E-state index contributed by atoms with van der Waals surface area (Å²) in [6.45, 7) is 3.38. The minimum absolute atomic E-state index is 0.418. The summed E-state index contributed by atoms with van der Waals surface area (Å²) in [5, 5.41) is 4.88. The molecule has 0 aromatic heterocycles. The second kappa shape index (κ2) is 5.04. The van der Waals surface area contributed by atoms with Gasteiger partial charge in [-0.2, -0.15) is 11.8 Å². The topological polar surface area (TPSA) is 24.4 Å². The Morgan fingerprint density at radius 1 is 1.41 bits per heavy atom. The SMILES string of the molecule is CC1(CN=C2NC3CCCC3CS2)CCCS1. The van der Waals surface area contributed by atoms with E-state index in [0.717, 1.165) is 18.5 Å². The van der Waals surface area contributed by atoms with Crippen molar-refractivity contribution in [2.45, 2.75) is 49.8 Å². The number of nitrogens with one attached hydrogen (secondary N) is 1. The summed E-state index contributed by atoms with van der Waals surface area (Å²) < 4.78 is 0.418. The van der Waals surface area contributed by atoms with E-state index in [1.807, 2.05) is 11.8 Å². The van der Waals surface area contributed by atoms with Gasteiger partial charge in [0.2, 0.25) is 0 Å². The normalized spacial score (nSPS) is 43.7. The number of hydrogen-bond acceptors (Lipinski definition) is 3. The fourth-order valence-corrected chi connectivity index (χ4v) is 5.49. The largest absolute Gasteiger partial charge is 0.362 e. The van der Waals surface area contributed by atoms with Crippen molar-refractivity contribution in [2.24, 2.45) is 10.9 Å². The van der Waals surface area contributed by atoms with Crippen molar-refractivity contribution in [1.82, 2.24) is 5.32 Å². The van der Waals surface area contributed by atoms with E-state index in [9.17, 15) is 0 Å². The molecular formula is C13H22N2S2. The molecule has 17 heavy (non-hydrogen) atoms. The Morgan fingerprint density at radius 3 is 3.18 bits per heavy atom. The van der Waals surface area contributed by atoms with Crippen LogP contribution in [-0.4, -0.2) is 34.0 Å². The van der Waals surface area contributed by atoms with E-state index in [1.54, 1.807) is 0 Å². The van der Waals surface area contributed by atoms with Crippen molar-refractivity contribution in [3.05, 3.63) is 0 Å². The van der Waals surface area contributed by atoms with E-state index < -0.39 is 0 Å². The second-order valence-corrected chi connectivity index (χ2v) is 8.47. The summed E-state index contributed by atoms with van der Waals surface area (Å²) >= 11 is 4.06. The highest BCUT2D eigenvalue weighted by molar-refractivity contribution is 8.13. The zero-order valence-corrected chi connectivity index (χ0v) is 12.2. The average Bonchev–Trinajstić information content (AvgIpc) is 2.95. The molecule has 3 fully saturated rings. The molecule has 0 spiro atoms. The van der Waals surface area contributed by atoms with Gasteiger partial charge in [-0.05, 0) is 44.3 Å². The van der Waals surface area contributed by atoms with Crippen LogP contribution in [-0.2, 0) is 0 Å². The van der Waals surface area contributed by atoms with Crippen molar-refractivity contribution < 1.29 is 0 Å². The minimum atomic E-state index is 0.418. The maximum Gasteiger partial charge on any atom is 0.156 e. The van der Waals surface area contributed by atoms with Crippen LogP contribution in [0.2, 0.25) is 0 Å². The zero-order valence-electron chi connectivity index (χ0n) is 10.6. The molecular weight excluding hydrogens is 248 g/mol. The fourth-order valence-electron chi connectivity index (χ4n) is 3.10. The van der Waals surface area contributed by atoms with Gasteiger partial charge in [0.05, 0.1) is 6.54 Å². The third-order valence-corrected chi connectivity index (χ3v) is 6.90. The number of thioether (sulfide) groups is 2. The second-order valence-electron chi connectivity index (χ2n) is 5.78. The van der Waals surface area contributed by atoms with Crippen molar-refractivity contribution in [3.63, 3.8) is 0 Å². The molecule has 0 radical (unpaired) electrons. The van der Waals surface area contributed by atoms with Gasteiger partial charge in [0.1, 0.15) is 0 Å². The van der Waals surface area contributed by atoms with Crippen LogP contribution in [0.3, 0.4) is 0 Å². The van der Waals surface area contributed by atoms with Gasteiger partial charge >= 0.3 is 0 Å². The number of rotatable bonds is 2. The summed E-state index contributed by atoms with van der Waals surface area (Å²) in [6.07, 6.45) is 6.90. The van der Waals surface area contributed by atoms with Crippen LogP contribution >= 0.6 is 23.5 Å². The molecule has 1 N–H and O–H groups in total. The van der Waals surface area contributed by atoms with Gasteiger partial charge in [0.15, 0.2) is 5.17 Å². The van der Waals surface area contributed by atoms with Crippen LogP contribution in [0.15, 0.2) is 4.99 Å².